The third-order valence-corrected chi connectivity index (χ3v) is 4.53. The molecule has 2 rings (SSSR count). The predicted molar refractivity (Wildman–Crippen MR) is 69.5 cm³/mol. The molecule has 0 radical (unpaired) electrons. The summed E-state index contributed by atoms with van der Waals surface area (Å²) in [6.45, 7) is 6.74. The predicted octanol–water partition coefficient (Wildman–Crippen LogP) is 1.34. The third-order valence-electron chi connectivity index (χ3n) is 4.53. The number of nitrogens with zero attached hydrogens (tertiary/aromatic N) is 1. The summed E-state index contributed by atoms with van der Waals surface area (Å²) in [5.41, 5.74) is -0.119. The molecule has 4 heteroatoms. The van der Waals surface area contributed by atoms with E-state index < -0.39 is 0 Å². The Morgan fingerprint density at radius 1 is 1.22 bits per heavy atom. The molecule has 1 aliphatic heterocycles. The largest absolute Gasteiger partial charge is 0.377 e. The van der Waals surface area contributed by atoms with E-state index in [9.17, 15) is 4.79 Å². The van der Waals surface area contributed by atoms with E-state index in [1.807, 2.05) is 0 Å². The molecule has 0 amide bonds. The van der Waals surface area contributed by atoms with Crippen molar-refractivity contribution in [3.63, 3.8) is 0 Å². The fourth-order valence-electron chi connectivity index (χ4n) is 3.25. The molecule has 104 valence electrons. The quantitative estimate of drug-likeness (QED) is 0.760. The zero-order chi connectivity index (χ0) is 13.3. The Balaban J connectivity index is 1.90. The highest BCUT2D eigenvalue weighted by Gasteiger charge is 2.42. The van der Waals surface area contributed by atoms with Gasteiger partial charge in [0.2, 0.25) is 0 Å². The number of methoxy groups -OCH3 is 2. The molecule has 0 N–H and O–H groups in total. The number of hydrogen-bond donors (Lipinski definition) is 0. The zero-order valence-electron chi connectivity index (χ0n) is 11.9. The van der Waals surface area contributed by atoms with Gasteiger partial charge in [-0.1, -0.05) is 13.8 Å². The summed E-state index contributed by atoms with van der Waals surface area (Å²) in [4.78, 5) is 14.5. The first kappa shape index (κ1) is 14.0. The lowest BCUT2D eigenvalue weighted by atomic mass is 9.89. The van der Waals surface area contributed by atoms with Crippen LogP contribution in [0.15, 0.2) is 0 Å². The van der Waals surface area contributed by atoms with E-state index in [1.165, 1.54) is 0 Å². The third kappa shape index (κ3) is 2.60. The van der Waals surface area contributed by atoms with Gasteiger partial charge in [0, 0.05) is 45.2 Å². The van der Waals surface area contributed by atoms with Gasteiger partial charge >= 0.3 is 0 Å². The Hall–Kier alpha value is -0.450. The highest BCUT2D eigenvalue weighted by Crippen LogP contribution is 2.38. The molecule has 3 unspecified atom stereocenters. The highest BCUT2D eigenvalue weighted by atomic mass is 16.5. The van der Waals surface area contributed by atoms with Gasteiger partial charge in [-0.05, 0) is 12.8 Å². The second-order valence-electron chi connectivity index (χ2n) is 6.25. The minimum atomic E-state index is -0.119. The molecular formula is C14H25NO3. The maximum Gasteiger partial charge on any atom is 0.142 e. The van der Waals surface area contributed by atoms with Crippen molar-refractivity contribution in [1.29, 1.82) is 0 Å². The van der Waals surface area contributed by atoms with Crippen molar-refractivity contribution in [3.05, 3.63) is 0 Å². The van der Waals surface area contributed by atoms with Gasteiger partial charge in [0.05, 0.1) is 12.2 Å². The molecule has 0 spiro atoms. The summed E-state index contributed by atoms with van der Waals surface area (Å²) >= 11 is 0. The summed E-state index contributed by atoms with van der Waals surface area (Å²) in [7, 11) is 3.45. The van der Waals surface area contributed by atoms with Crippen molar-refractivity contribution in [1.82, 2.24) is 4.90 Å². The van der Waals surface area contributed by atoms with Crippen LogP contribution in [0.3, 0.4) is 0 Å². The van der Waals surface area contributed by atoms with Crippen LogP contribution in [0.2, 0.25) is 0 Å². The van der Waals surface area contributed by atoms with Gasteiger partial charge in [-0.15, -0.1) is 0 Å². The zero-order valence-corrected chi connectivity index (χ0v) is 11.9. The van der Waals surface area contributed by atoms with Crippen LogP contribution in [0, 0.1) is 11.3 Å². The number of ether oxygens (including phenoxy) is 2. The molecule has 4 nitrogen and oxygen atoms in total. The number of ketones is 1. The van der Waals surface area contributed by atoms with Crippen LogP contribution >= 0.6 is 0 Å². The molecule has 1 saturated heterocycles. The molecule has 3 atom stereocenters. The van der Waals surface area contributed by atoms with Gasteiger partial charge in [-0.2, -0.15) is 0 Å². The second kappa shape index (κ2) is 5.27. The van der Waals surface area contributed by atoms with Crippen LogP contribution in [0.25, 0.3) is 0 Å². The number of rotatable bonds is 4. The first-order chi connectivity index (χ1) is 8.47. The van der Waals surface area contributed by atoms with Crippen molar-refractivity contribution in [3.8, 4) is 0 Å². The first-order valence-corrected chi connectivity index (χ1v) is 6.80. The molecule has 1 aliphatic carbocycles. The minimum absolute atomic E-state index is 0.119. The fourth-order valence-corrected chi connectivity index (χ4v) is 3.25. The van der Waals surface area contributed by atoms with Crippen molar-refractivity contribution < 1.29 is 14.3 Å². The Kier molecular flexibility index (Phi) is 4.09. The molecule has 2 aliphatic rings. The number of hydrogen-bond acceptors (Lipinski definition) is 4. The molecule has 0 aromatic carbocycles. The first-order valence-electron chi connectivity index (χ1n) is 6.80. The van der Waals surface area contributed by atoms with Gasteiger partial charge in [-0.25, -0.2) is 0 Å². The van der Waals surface area contributed by atoms with E-state index in [4.69, 9.17) is 9.47 Å². The lowest BCUT2D eigenvalue weighted by molar-refractivity contribution is -0.127. The monoisotopic (exact) mass is 255 g/mol. The van der Waals surface area contributed by atoms with Gasteiger partial charge in [0.25, 0.3) is 0 Å². The summed E-state index contributed by atoms with van der Waals surface area (Å²) < 4.78 is 10.9. The summed E-state index contributed by atoms with van der Waals surface area (Å²) in [6.07, 6.45) is 2.32. The molecule has 2 fully saturated rings. The summed E-state index contributed by atoms with van der Waals surface area (Å²) in [5.74, 6) is 0.630. The van der Waals surface area contributed by atoms with Gasteiger partial charge in [-0.3, -0.25) is 9.69 Å². The standard InChI is InChI=1S/C14H25NO3/c1-14(2)6-5-10(13(14)16)7-15-8-11(17-3)12(9-15)18-4/h10-12H,5-9H2,1-4H3. The molecule has 0 bridgehead atoms. The van der Waals surface area contributed by atoms with Crippen LogP contribution in [-0.4, -0.2) is 56.7 Å². The number of Topliss-reactive ketones (excluding diaryl/α,β-unsaturated/α-hetero) is 1. The summed E-state index contributed by atoms with van der Waals surface area (Å²) in [6, 6.07) is 0. The molecule has 18 heavy (non-hydrogen) atoms. The van der Waals surface area contributed by atoms with Crippen LogP contribution in [0.1, 0.15) is 26.7 Å². The number of likely N-dealkylation sites (tertiary alicyclic amines) is 1. The molecule has 0 aromatic heterocycles. The van der Waals surface area contributed by atoms with Crippen LogP contribution in [-0.2, 0) is 14.3 Å². The topological polar surface area (TPSA) is 38.8 Å². The number of carbonyl (C=O) groups is 1. The lowest BCUT2D eigenvalue weighted by Crippen LogP contribution is -2.33. The Morgan fingerprint density at radius 3 is 2.17 bits per heavy atom. The second-order valence-corrected chi connectivity index (χ2v) is 6.25. The maximum absolute atomic E-state index is 12.2. The summed E-state index contributed by atoms with van der Waals surface area (Å²) in [5, 5.41) is 0. The smallest absolute Gasteiger partial charge is 0.142 e. The van der Waals surface area contributed by atoms with Crippen molar-refractivity contribution >= 4 is 5.78 Å². The highest BCUT2D eigenvalue weighted by molar-refractivity contribution is 5.88. The van der Waals surface area contributed by atoms with Crippen LogP contribution < -0.4 is 0 Å². The average molecular weight is 255 g/mol. The van der Waals surface area contributed by atoms with Crippen molar-refractivity contribution in [2.75, 3.05) is 33.9 Å². The van der Waals surface area contributed by atoms with Gasteiger partial charge < -0.3 is 9.47 Å². The van der Waals surface area contributed by atoms with E-state index in [2.05, 4.69) is 18.7 Å². The van der Waals surface area contributed by atoms with Gasteiger partial charge in [0.15, 0.2) is 0 Å². The SMILES string of the molecule is COC1CN(CC2CCC(C)(C)C2=O)CC1OC. The Labute approximate surface area is 110 Å². The number of carbonyl (C=O) groups excluding carboxylic acids is 1. The van der Waals surface area contributed by atoms with E-state index in [-0.39, 0.29) is 23.5 Å². The van der Waals surface area contributed by atoms with E-state index >= 15 is 0 Å². The van der Waals surface area contributed by atoms with E-state index in [0.717, 1.165) is 32.5 Å². The fraction of sp³-hybridized carbons (Fsp3) is 0.929. The van der Waals surface area contributed by atoms with Crippen LogP contribution in [0.4, 0.5) is 0 Å². The van der Waals surface area contributed by atoms with Crippen molar-refractivity contribution in [2.45, 2.75) is 38.9 Å². The van der Waals surface area contributed by atoms with Crippen molar-refractivity contribution in [2.24, 2.45) is 11.3 Å². The minimum Gasteiger partial charge on any atom is -0.377 e. The Morgan fingerprint density at radius 2 is 1.78 bits per heavy atom. The van der Waals surface area contributed by atoms with Crippen LogP contribution in [0.5, 0.6) is 0 Å². The Bertz CT molecular complexity index is 304. The average Bonchev–Trinajstić information content (AvgIpc) is 2.85. The molecular weight excluding hydrogens is 230 g/mol. The molecule has 0 aromatic rings. The lowest BCUT2D eigenvalue weighted by Gasteiger charge is -2.21. The molecule has 1 heterocycles. The maximum atomic E-state index is 12.2. The van der Waals surface area contributed by atoms with E-state index in [0.29, 0.717) is 5.78 Å². The normalized spacial score (nSPS) is 36.4. The van der Waals surface area contributed by atoms with E-state index in [1.54, 1.807) is 14.2 Å². The molecule has 1 saturated carbocycles. The van der Waals surface area contributed by atoms with Gasteiger partial charge in [0.1, 0.15) is 5.78 Å².